The van der Waals surface area contributed by atoms with Crippen molar-refractivity contribution in [2.75, 3.05) is 0 Å². The van der Waals surface area contributed by atoms with E-state index in [0.717, 1.165) is 11.1 Å². The molecule has 1 aromatic carbocycles. The predicted octanol–water partition coefficient (Wildman–Crippen LogP) is 2.71. The topological polar surface area (TPSA) is 93.3 Å². The first-order valence-electron chi connectivity index (χ1n) is 6.36. The van der Waals surface area contributed by atoms with Gasteiger partial charge in [0.15, 0.2) is 0 Å². The second-order valence-corrected chi connectivity index (χ2v) is 4.75. The highest BCUT2D eigenvalue weighted by atomic mass is 16.6. The van der Waals surface area contributed by atoms with Crippen LogP contribution in [0.2, 0.25) is 0 Å². The third-order valence-corrected chi connectivity index (χ3v) is 3.16. The van der Waals surface area contributed by atoms with E-state index in [1.54, 1.807) is 6.07 Å². The number of aryl methyl sites for hydroxylation is 1. The van der Waals surface area contributed by atoms with E-state index in [2.05, 4.69) is 4.98 Å². The van der Waals surface area contributed by atoms with Gasteiger partial charge in [-0.15, -0.1) is 0 Å². The monoisotopic (exact) mass is 286 g/mol. The molecule has 1 unspecified atom stereocenters. The maximum Gasteiger partial charge on any atom is 0.313 e. The lowest BCUT2D eigenvalue weighted by Crippen LogP contribution is -2.17. The van der Waals surface area contributed by atoms with Crippen LogP contribution in [-0.2, 0) is 11.2 Å². The Kier molecular flexibility index (Phi) is 4.27. The van der Waals surface area contributed by atoms with Gasteiger partial charge in [-0.3, -0.25) is 19.9 Å². The van der Waals surface area contributed by atoms with Gasteiger partial charge in [0.05, 0.1) is 4.92 Å². The minimum Gasteiger partial charge on any atom is -0.481 e. The van der Waals surface area contributed by atoms with Crippen LogP contribution in [0, 0.1) is 17.0 Å². The summed E-state index contributed by atoms with van der Waals surface area (Å²) >= 11 is 0. The summed E-state index contributed by atoms with van der Waals surface area (Å²) in [6.45, 7) is 1.91. The van der Waals surface area contributed by atoms with Crippen LogP contribution in [0.25, 0.3) is 0 Å². The molecule has 2 rings (SSSR count). The lowest BCUT2D eigenvalue weighted by molar-refractivity contribution is -0.386. The second-order valence-electron chi connectivity index (χ2n) is 4.75. The van der Waals surface area contributed by atoms with Gasteiger partial charge >= 0.3 is 5.97 Å². The average Bonchev–Trinajstić information content (AvgIpc) is 2.44. The van der Waals surface area contributed by atoms with Gasteiger partial charge in [-0.05, 0) is 25.0 Å². The zero-order chi connectivity index (χ0) is 15.4. The first-order valence-corrected chi connectivity index (χ1v) is 6.36. The fourth-order valence-corrected chi connectivity index (χ4v) is 2.21. The number of rotatable bonds is 5. The van der Waals surface area contributed by atoms with E-state index in [1.165, 1.54) is 18.3 Å². The average molecular weight is 286 g/mol. The molecule has 1 heterocycles. The predicted molar refractivity (Wildman–Crippen MR) is 76.2 cm³/mol. The van der Waals surface area contributed by atoms with Gasteiger partial charge in [0.2, 0.25) is 0 Å². The van der Waals surface area contributed by atoms with Crippen molar-refractivity contribution < 1.29 is 14.8 Å². The number of carboxylic acid groups (broad SMARTS) is 1. The number of benzene rings is 1. The van der Waals surface area contributed by atoms with Gasteiger partial charge in [0.25, 0.3) is 5.69 Å². The van der Waals surface area contributed by atoms with Crippen LogP contribution in [0.4, 0.5) is 5.69 Å². The molecule has 0 aliphatic rings. The number of aliphatic carboxylic acids is 1. The summed E-state index contributed by atoms with van der Waals surface area (Å²) in [7, 11) is 0. The molecule has 1 aromatic heterocycles. The lowest BCUT2D eigenvalue weighted by Gasteiger charge is -2.12. The quantitative estimate of drug-likeness (QED) is 0.673. The van der Waals surface area contributed by atoms with Crippen molar-refractivity contribution in [3.8, 4) is 0 Å². The largest absolute Gasteiger partial charge is 0.481 e. The minimum atomic E-state index is -1.13. The SMILES string of the molecule is Cc1cccc(CC(C(=O)O)c2ncccc2[N+](=O)[O-])c1. The second kappa shape index (κ2) is 6.13. The molecule has 0 bridgehead atoms. The third-order valence-electron chi connectivity index (χ3n) is 3.16. The molecule has 21 heavy (non-hydrogen) atoms. The Labute approximate surface area is 121 Å². The number of aromatic nitrogens is 1. The van der Waals surface area contributed by atoms with Crippen molar-refractivity contribution in [1.29, 1.82) is 0 Å². The van der Waals surface area contributed by atoms with Gasteiger partial charge in [-0.25, -0.2) is 0 Å². The van der Waals surface area contributed by atoms with E-state index in [1.807, 2.05) is 25.1 Å². The molecular weight excluding hydrogens is 272 g/mol. The van der Waals surface area contributed by atoms with Crippen LogP contribution in [0.1, 0.15) is 22.7 Å². The summed E-state index contributed by atoms with van der Waals surface area (Å²) < 4.78 is 0. The molecular formula is C15H14N2O4. The molecule has 0 saturated carbocycles. The number of pyridine rings is 1. The number of carbonyl (C=O) groups is 1. The smallest absolute Gasteiger partial charge is 0.313 e. The fraction of sp³-hybridized carbons (Fsp3) is 0.200. The molecule has 1 N–H and O–H groups in total. The summed E-state index contributed by atoms with van der Waals surface area (Å²) in [4.78, 5) is 25.8. The number of carboxylic acids is 1. The Morgan fingerprint density at radius 2 is 2.14 bits per heavy atom. The number of hydrogen-bond acceptors (Lipinski definition) is 4. The van der Waals surface area contributed by atoms with Crippen LogP contribution in [0.3, 0.4) is 0 Å². The van der Waals surface area contributed by atoms with Crippen LogP contribution in [-0.4, -0.2) is 21.0 Å². The molecule has 0 spiro atoms. The molecule has 0 fully saturated rings. The van der Waals surface area contributed by atoms with E-state index in [9.17, 15) is 20.0 Å². The van der Waals surface area contributed by atoms with Crippen molar-refractivity contribution in [3.63, 3.8) is 0 Å². The first-order chi connectivity index (χ1) is 9.99. The van der Waals surface area contributed by atoms with E-state index in [4.69, 9.17) is 0 Å². The fourth-order valence-electron chi connectivity index (χ4n) is 2.21. The number of hydrogen-bond donors (Lipinski definition) is 1. The molecule has 0 amide bonds. The van der Waals surface area contributed by atoms with E-state index < -0.39 is 16.8 Å². The van der Waals surface area contributed by atoms with E-state index >= 15 is 0 Å². The third kappa shape index (κ3) is 3.42. The molecule has 1 atom stereocenters. The molecule has 6 heteroatoms. The molecule has 0 aliphatic heterocycles. The Bertz CT molecular complexity index is 685. The van der Waals surface area contributed by atoms with Crippen molar-refractivity contribution >= 4 is 11.7 Å². The van der Waals surface area contributed by atoms with Gasteiger partial charge in [-0.1, -0.05) is 29.8 Å². The molecule has 0 radical (unpaired) electrons. The Hall–Kier alpha value is -2.76. The van der Waals surface area contributed by atoms with Gasteiger partial charge in [-0.2, -0.15) is 0 Å². The first kappa shape index (κ1) is 14.6. The van der Waals surface area contributed by atoms with Crippen LogP contribution in [0.15, 0.2) is 42.6 Å². The van der Waals surface area contributed by atoms with E-state index in [-0.39, 0.29) is 17.8 Å². The molecule has 0 aliphatic carbocycles. The lowest BCUT2D eigenvalue weighted by atomic mass is 9.94. The standard InChI is InChI=1S/C15H14N2O4/c1-10-4-2-5-11(8-10)9-12(15(18)19)14-13(17(20)21)6-3-7-16-14/h2-8,12H,9H2,1H3,(H,18,19). The Morgan fingerprint density at radius 3 is 2.76 bits per heavy atom. The van der Waals surface area contributed by atoms with Crippen molar-refractivity contribution in [2.45, 2.75) is 19.3 Å². The van der Waals surface area contributed by atoms with Gasteiger partial charge in [0, 0.05) is 12.3 Å². The number of nitro groups is 1. The Morgan fingerprint density at radius 1 is 1.38 bits per heavy atom. The van der Waals surface area contributed by atoms with E-state index in [0.29, 0.717) is 0 Å². The van der Waals surface area contributed by atoms with Crippen LogP contribution in [0.5, 0.6) is 0 Å². The summed E-state index contributed by atoms with van der Waals surface area (Å²) in [6.07, 6.45) is 1.53. The maximum absolute atomic E-state index is 11.5. The molecule has 108 valence electrons. The highest BCUT2D eigenvalue weighted by molar-refractivity contribution is 5.77. The van der Waals surface area contributed by atoms with Crippen LogP contribution < -0.4 is 0 Å². The van der Waals surface area contributed by atoms with Crippen molar-refractivity contribution in [3.05, 3.63) is 69.5 Å². The van der Waals surface area contributed by atoms with Crippen molar-refractivity contribution in [1.82, 2.24) is 4.98 Å². The zero-order valence-corrected chi connectivity index (χ0v) is 11.4. The molecule has 0 saturated heterocycles. The number of nitrogens with zero attached hydrogens (tertiary/aromatic N) is 2. The minimum absolute atomic E-state index is 0.0171. The van der Waals surface area contributed by atoms with Gasteiger partial charge in [0.1, 0.15) is 11.6 Å². The zero-order valence-electron chi connectivity index (χ0n) is 11.4. The normalized spacial score (nSPS) is 11.9. The Balaban J connectivity index is 2.41. The summed E-state index contributed by atoms with van der Waals surface area (Å²) in [6, 6.07) is 10.1. The summed E-state index contributed by atoms with van der Waals surface area (Å²) in [5, 5.41) is 20.4. The highest BCUT2D eigenvalue weighted by Gasteiger charge is 2.29. The van der Waals surface area contributed by atoms with Crippen LogP contribution >= 0.6 is 0 Å². The summed E-state index contributed by atoms with van der Waals surface area (Å²) in [5.74, 6) is -2.17. The maximum atomic E-state index is 11.5. The van der Waals surface area contributed by atoms with Crippen molar-refractivity contribution in [2.24, 2.45) is 0 Å². The molecule has 6 nitrogen and oxygen atoms in total. The summed E-state index contributed by atoms with van der Waals surface area (Å²) in [5.41, 5.74) is 1.53. The highest BCUT2D eigenvalue weighted by Crippen LogP contribution is 2.27. The molecule has 2 aromatic rings. The van der Waals surface area contributed by atoms with Gasteiger partial charge < -0.3 is 5.11 Å².